The van der Waals surface area contributed by atoms with Crippen molar-refractivity contribution in [2.24, 2.45) is 5.92 Å². The molecule has 0 aromatic heterocycles. The molecule has 19 heavy (non-hydrogen) atoms. The molecule has 0 spiro atoms. The Morgan fingerprint density at radius 2 is 2.11 bits per heavy atom. The van der Waals surface area contributed by atoms with Crippen molar-refractivity contribution in [1.82, 2.24) is 0 Å². The highest BCUT2D eigenvalue weighted by atomic mass is 16.1. The molecule has 0 N–H and O–H groups in total. The predicted molar refractivity (Wildman–Crippen MR) is 79.3 cm³/mol. The summed E-state index contributed by atoms with van der Waals surface area (Å²) >= 11 is 0. The maximum Gasteiger partial charge on any atom is 0.140 e. The standard InChI is InChI=1S/C18H22O/c1-12(2)13-6-8-15-14(11-13)7-9-16-17(19)5-4-10-18(15,16)3/h6-9,11-12,16H,4-5,10H2,1-3H3/t16?,18-/m1/s1. The van der Waals surface area contributed by atoms with Crippen molar-refractivity contribution in [1.29, 1.82) is 0 Å². The summed E-state index contributed by atoms with van der Waals surface area (Å²) < 4.78 is 0. The Labute approximate surface area is 115 Å². The van der Waals surface area contributed by atoms with Gasteiger partial charge in [-0.2, -0.15) is 0 Å². The lowest BCUT2D eigenvalue weighted by molar-refractivity contribution is -0.125. The van der Waals surface area contributed by atoms with Crippen LogP contribution in [0.3, 0.4) is 0 Å². The SMILES string of the molecule is CC(C)c1ccc2c(c1)C=CC1C(=O)CCC[C@]21C. The van der Waals surface area contributed by atoms with E-state index in [2.05, 4.69) is 51.1 Å². The molecule has 2 atom stereocenters. The summed E-state index contributed by atoms with van der Waals surface area (Å²) in [5.74, 6) is 1.07. The second-order valence-electron chi connectivity index (χ2n) is 6.58. The van der Waals surface area contributed by atoms with Crippen LogP contribution in [0.4, 0.5) is 0 Å². The highest BCUT2D eigenvalue weighted by Gasteiger charge is 2.43. The number of allylic oxidation sites excluding steroid dienone is 1. The Hall–Kier alpha value is -1.37. The van der Waals surface area contributed by atoms with Gasteiger partial charge in [-0.25, -0.2) is 0 Å². The van der Waals surface area contributed by atoms with Gasteiger partial charge in [0.2, 0.25) is 0 Å². The third kappa shape index (κ3) is 1.87. The van der Waals surface area contributed by atoms with Gasteiger partial charge in [-0.3, -0.25) is 4.79 Å². The Kier molecular flexibility index (Phi) is 2.88. The van der Waals surface area contributed by atoms with Crippen molar-refractivity contribution >= 4 is 11.9 Å². The highest BCUT2D eigenvalue weighted by molar-refractivity contribution is 5.88. The van der Waals surface area contributed by atoms with Crippen LogP contribution in [0.5, 0.6) is 0 Å². The third-order valence-corrected chi connectivity index (χ3v) is 4.98. The summed E-state index contributed by atoms with van der Waals surface area (Å²) in [4.78, 5) is 12.2. The smallest absolute Gasteiger partial charge is 0.140 e. The largest absolute Gasteiger partial charge is 0.299 e. The van der Waals surface area contributed by atoms with E-state index in [0.29, 0.717) is 11.7 Å². The van der Waals surface area contributed by atoms with Gasteiger partial charge in [0.05, 0.1) is 0 Å². The molecule has 0 bridgehead atoms. The first-order valence-corrected chi connectivity index (χ1v) is 7.38. The zero-order chi connectivity index (χ0) is 13.6. The zero-order valence-electron chi connectivity index (χ0n) is 12.1. The first-order valence-electron chi connectivity index (χ1n) is 7.38. The summed E-state index contributed by atoms with van der Waals surface area (Å²) in [5.41, 5.74) is 4.10. The Morgan fingerprint density at radius 3 is 2.84 bits per heavy atom. The normalized spacial score (nSPS) is 29.3. The summed E-state index contributed by atoms with van der Waals surface area (Å²) in [6, 6.07) is 6.81. The summed E-state index contributed by atoms with van der Waals surface area (Å²) in [7, 11) is 0. The Balaban J connectivity index is 2.11. The topological polar surface area (TPSA) is 17.1 Å². The van der Waals surface area contributed by atoms with Gasteiger partial charge in [0.25, 0.3) is 0 Å². The van der Waals surface area contributed by atoms with Crippen LogP contribution in [-0.2, 0) is 10.2 Å². The Morgan fingerprint density at radius 1 is 1.32 bits per heavy atom. The van der Waals surface area contributed by atoms with Crippen LogP contribution in [0.1, 0.15) is 62.6 Å². The van der Waals surface area contributed by atoms with Gasteiger partial charge >= 0.3 is 0 Å². The summed E-state index contributed by atoms with van der Waals surface area (Å²) in [5, 5.41) is 0. The minimum absolute atomic E-state index is 0.0227. The number of Topliss-reactive ketones (excluding diaryl/α,β-unsaturated/α-hetero) is 1. The molecular formula is C18H22O. The monoisotopic (exact) mass is 254 g/mol. The number of carbonyl (C=O) groups is 1. The van der Waals surface area contributed by atoms with E-state index in [1.807, 2.05) is 0 Å². The van der Waals surface area contributed by atoms with E-state index in [1.165, 1.54) is 16.7 Å². The molecule has 2 aliphatic carbocycles. The van der Waals surface area contributed by atoms with Gasteiger partial charge in [-0.05, 0) is 35.4 Å². The fourth-order valence-corrected chi connectivity index (χ4v) is 3.72. The van der Waals surface area contributed by atoms with E-state index >= 15 is 0 Å². The minimum Gasteiger partial charge on any atom is -0.299 e. The van der Waals surface area contributed by atoms with E-state index in [1.54, 1.807) is 0 Å². The first-order chi connectivity index (χ1) is 9.02. The quantitative estimate of drug-likeness (QED) is 0.723. The van der Waals surface area contributed by atoms with Gasteiger partial charge in [-0.15, -0.1) is 0 Å². The lowest BCUT2D eigenvalue weighted by atomic mass is 9.60. The molecule has 1 aromatic carbocycles. The molecule has 0 aliphatic heterocycles. The van der Waals surface area contributed by atoms with E-state index in [9.17, 15) is 4.79 Å². The van der Waals surface area contributed by atoms with Crippen molar-refractivity contribution in [2.75, 3.05) is 0 Å². The van der Waals surface area contributed by atoms with Crippen LogP contribution < -0.4 is 0 Å². The fraction of sp³-hybridized carbons (Fsp3) is 0.500. The third-order valence-electron chi connectivity index (χ3n) is 4.98. The number of ketones is 1. The summed E-state index contributed by atoms with van der Waals surface area (Å²) in [6.45, 7) is 6.72. The van der Waals surface area contributed by atoms with Crippen molar-refractivity contribution < 1.29 is 4.79 Å². The van der Waals surface area contributed by atoms with Crippen LogP contribution >= 0.6 is 0 Å². The van der Waals surface area contributed by atoms with E-state index in [0.717, 1.165) is 19.3 Å². The predicted octanol–water partition coefficient (Wildman–Crippen LogP) is 4.46. The lowest BCUT2D eigenvalue weighted by Gasteiger charge is -2.42. The molecule has 1 aromatic rings. The second kappa shape index (κ2) is 4.33. The molecule has 0 heterocycles. The first kappa shape index (κ1) is 12.7. The average molecular weight is 254 g/mol. The average Bonchev–Trinajstić information content (AvgIpc) is 2.38. The number of rotatable bonds is 1. The van der Waals surface area contributed by atoms with E-state index in [-0.39, 0.29) is 11.3 Å². The number of fused-ring (bicyclic) bond motifs is 3. The van der Waals surface area contributed by atoms with Gasteiger partial charge in [0.15, 0.2) is 0 Å². The number of hydrogen-bond donors (Lipinski definition) is 0. The zero-order valence-corrected chi connectivity index (χ0v) is 12.1. The van der Waals surface area contributed by atoms with Crippen LogP contribution in [0, 0.1) is 5.92 Å². The van der Waals surface area contributed by atoms with Crippen LogP contribution in [0.25, 0.3) is 6.08 Å². The fourth-order valence-electron chi connectivity index (χ4n) is 3.72. The van der Waals surface area contributed by atoms with E-state index < -0.39 is 0 Å². The maximum atomic E-state index is 12.2. The number of carbonyl (C=O) groups excluding carboxylic acids is 1. The van der Waals surface area contributed by atoms with Gasteiger partial charge in [0, 0.05) is 17.8 Å². The van der Waals surface area contributed by atoms with Gasteiger partial charge in [0.1, 0.15) is 5.78 Å². The molecule has 0 saturated heterocycles. The molecular weight excluding hydrogens is 232 g/mol. The molecule has 1 heteroatoms. The molecule has 1 unspecified atom stereocenters. The number of hydrogen-bond acceptors (Lipinski definition) is 1. The van der Waals surface area contributed by atoms with Gasteiger partial charge in [-0.1, -0.05) is 51.1 Å². The Bertz CT molecular complexity index is 553. The maximum absolute atomic E-state index is 12.2. The molecule has 2 aliphatic rings. The van der Waals surface area contributed by atoms with Crippen molar-refractivity contribution in [2.45, 2.75) is 51.4 Å². The van der Waals surface area contributed by atoms with E-state index in [4.69, 9.17) is 0 Å². The van der Waals surface area contributed by atoms with Crippen LogP contribution in [0.15, 0.2) is 24.3 Å². The molecule has 0 radical (unpaired) electrons. The highest BCUT2D eigenvalue weighted by Crippen LogP contribution is 2.47. The molecule has 3 rings (SSSR count). The molecule has 100 valence electrons. The van der Waals surface area contributed by atoms with Crippen LogP contribution in [-0.4, -0.2) is 5.78 Å². The van der Waals surface area contributed by atoms with Crippen LogP contribution in [0.2, 0.25) is 0 Å². The van der Waals surface area contributed by atoms with Crippen molar-refractivity contribution in [3.63, 3.8) is 0 Å². The summed E-state index contributed by atoms with van der Waals surface area (Å²) in [6.07, 6.45) is 7.22. The number of benzene rings is 1. The second-order valence-corrected chi connectivity index (χ2v) is 6.58. The lowest BCUT2D eigenvalue weighted by Crippen LogP contribution is -2.41. The minimum atomic E-state index is 0.0227. The van der Waals surface area contributed by atoms with Crippen molar-refractivity contribution in [3.05, 3.63) is 41.0 Å². The van der Waals surface area contributed by atoms with Gasteiger partial charge < -0.3 is 0 Å². The molecule has 1 fully saturated rings. The van der Waals surface area contributed by atoms with Crippen molar-refractivity contribution in [3.8, 4) is 0 Å². The molecule has 0 amide bonds. The molecule has 1 nitrogen and oxygen atoms in total. The molecule has 1 saturated carbocycles.